The van der Waals surface area contributed by atoms with Gasteiger partial charge in [-0.25, -0.2) is 4.98 Å². The minimum Gasteiger partial charge on any atom is -0.459 e. The molecule has 0 bridgehead atoms. The third kappa shape index (κ3) is 2.86. The monoisotopic (exact) mass is 334 g/mol. The molecule has 4 heteroatoms. The number of hydrogen-bond acceptors (Lipinski definition) is 2. The Morgan fingerprint density at radius 2 is 1.71 bits per heavy atom. The summed E-state index contributed by atoms with van der Waals surface area (Å²) >= 11 is 6.03. The van der Waals surface area contributed by atoms with Gasteiger partial charge < -0.3 is 8.98 Å². The van der Waals surface area contributed by atoms with Crippen molar-refractivity contribution in [1.29, 1.82) is 0 Å². The third-order valence-corrected chi connectivity index (χ3v) is 4.22. The van der Waals surface area contributed by atoms with E-state index in [1.54, 1.807) is 12.5 Å². The molecule has 0 amide bonds. The van der Waals surface area contributed by atoms with Crippen LogP contribution in [0.25, 0.3) is 11.3 Å². The number of rotatable bonds is 4. The van der Waals surface area contributed by atoms with E-state index in [0.29, 0.717) is 5.02 Å². The second kappa shape index (κ2) is 6.38. The van der Waals surface area contributed by atoms with Gasteiger partial charge in [0.2, 0.25) is 0 Å². The van der Waals surface area contributed by atoms with Crippen molar-refractivity contribution >= 4 is 11.6 Å². The lowest BCUT2D eigenvalue weighted by Gasteiger charge is -2.17. The quantitative estimate of drug-likeness (QED) is 0.498. The van der Waals surface area contributed by atoms with E-state index in [4.69, 9.17) is 16.0 Å². The summed E-state index contributed by atoms with van der Waals surface area (Å²) in [5.41, 5.74) is 2.15. The van der Waals surface area contributed by atoms with Gasteiger partial charge in [0.05, 0.1) is 6.33 Å². The average Bonchev–Trinajstić information content (AvgIpc) is 3.30. The molecular weight excluding hydrogens is 320 g/mol. The molecule has 2 heterocycles. The first-order valence-corrected chi connectivity index (χ1v) is 8.07. The SMILES string of the molecule is Clc1ccc(C(c2ccc(-c3ccccc3)o2)n2ccnc2)cc1. The van der Waals surface area contributed by atoms with Gasteiger partial charge in [-0.3, -0.25) is 0 Å². The number of halogens is 1. The molecule has 0 saturated carbocycles. The summed E-state index contributed by atoms with van der Waals surface area (Å²) in [5.74, 6) is 1.71. The van der Waals surface area contributed by atoms with Crippen molar-refractivity contribution in [3.05, 3.63) is 102 Å². The summed E-state index contributed by atoms with van der Waals surface area (Å²) in [6.45, 7) is 0. The molecule has 1 atom stereocenters. The van der Waals surface area contributed by atoms with Crippen molar-refractivity contribution in [2.75, 3.05) is 0 Å². The number of benzene rings is 2. The van der Waals surface area contributed by atoms with Gasteiger partial charge in [0, 0.05) is 23.0 Å². The molecule has 118 valence electrons. The van der Waals surface area contributed by atoms with Crippen LogP contribution in [0.15, 0.2) is 89.9 Å². The summed E-state index contributed by atoms with van der Waals surface area (Å²) < 4.78 is 8.18. The normalized spacial score (nSPS) is 12.2. The van der Waals surface area contributed by atoms with Crippen molar-refractivity contribution in [1.82, 2.24) is 9.55 Å². The van der Waals surface area contributed by atoms with Crippen LogP contribution in [0.4, 0.5) is 0 Å². The Morgan fingerprint density at radius 3 is 2.42 bits per heavy atom. The second-order valence-electron chi connectivity index (χ2n) is 5.53. The van der Waals surface area contributed by atoms with E-state index in [1.165, 1.54) is 0 Å². The van der Waals surface area contributed by atoms with E-state index in [2.05, 4.69) is 4.98 Å². The Morgan fingerprint density at radius 1 is 0.917 bits per heavy atom. The molecule has 0 aliphatic carbocycles. The van der Waals surface area contributed by atoms with Crippen LogP contribution in [-0.4, -0.2) is 9.55 Å². The zero-order chi connectivity index (χ0) is 16.4. The van der Waals surface area contributed by atoms with Crippen molar-refractivity contribution in [2.45, 2.75) is 6.04 Å². The summed E-state index contributed by atoms with van der Waals surface area (Å²) in [6.07, 6.45) is 5.50. The van der Waals surface area contributed by atoms with Crippen LogP contribution in [0.5, 0.6) is 0 Å². The summed E-state index contributed by atoms with van der Waals surface area (Å²) in [5, 5.41) is 0.715. The van der Waals surface area contributed by atoms with Crippen molar-refractivity contribution in [2.24, 2.45) is 0 Å². The molecule has 2 aromatic carbocycles. The van der Waals surface area contributed by atoms with Crippen LogP contribution in [0.3, 0.4) is 0 Å². The summed E-state index contributed by atoms with van der Waals surface area (Å²) in [4.78, 5) is 4.17. The van der Waals surface area contributed by atoms with Gasteiger partial charge in [-0.1, -0.05) is 54.1 Å². The number of aromatic nitrogens is 2. The molecule has 0 fully saturated rings. The highest BCUT2D eigenvalue weighted by molar-refractivity contribution is 6.30. The number of nitrogens with zero attached hydrogens (tertiary/aromatic N) is 2. The maximum atomic E-state index is 6.16. The smallest absolute Gasteiger partial charge is 0.134 e. The molecule has 2 aromatic heterocycles. The van der Waals surface area contributed by atoms with E-state index >= 15 is 0 Å². The molecular formula is C20H15ClN2O. The largest absolute Gasteiger partial charge is 0.459 e. The van der Waals surface area contributed by atoms with Crippen LogP contribution < -0.4 is 0 Å². The molecule has 4 aromatic rings. The zero-order valence-electron chi connectivity index (χ0n) is 12.8. The summed E-state index contributed by atoms with van der Waals surface area (Å²) in [7, 11) is 0. The van der Waals surface area contributed by atoms with Gasteiger partial charge in [-0.05, 0) is 29.8 Å². The molecule has 4 rings (SSSR count). The van der Waals surface area contributed by atoms with Gasteiger partial charge in [0.1, 0.15) is 17.6 Å². The number of imidazole rings is 1. The Bertz CT molecular complexity index is 912. The Hall–Kier alpha value is -2.78. The highest BCUT2D eigenvalue weighted by Crippen LogP contribution is 2.32. The summed E-state index contributed by atoms with van der Waals surface area (Å²) in [6, 6.07) is 21.8. The van der Waals surface area contributed by atoms with Crippen molar-refractivity contribution in [3.63, 3.8) is 0 Å². The molecule has 0 spiro atoms. The highest BCUT2D eigenvalue weighted by Gasteiger charge is 2.20. The van der Waals surface area contributed by atoms with Gasteiger partial charge in [-0.15, -0.1) is 0 Å². The van der Waals surface area contributed by atoms with E-state index in [9.17, 15) is 0 Å². The minimum absolute atomic E-state index is 0.0813. The maximum Gasteiger partial charge on any atom is 0.134 e. The predicted octanol–water partition coefficient (Wildman–Crippen LogP) is 5.43. The fourth-order valence-electron chi connectivity index (χ4n) is 2.81. The fraction of sp³-hybridized carbons (Fsp3) is 0.0500. The lowest BCUT2D eigenvalue weighted by Crippen LogP contribution is -2.09. The first-order valence-electron chi connectivity index (χ1n) is 7.69. The standard InChI is InChI=1S/C20H15ClN2O/c21-17-8-6-16(7-9-17)20(23-13-12-22-14-23)19-11-10-18(24-19)15-4-2-1-3-5-15/h1-14,20H. The van der Waals surface area contributed by atoms with E-state index in [0.717, 1.165) is 22.6 Å². The molecule has 0 saturated heterocycles. The van der Waals surface area contributed by atoms with E-state index < -0.39 is 0 Å². The molecule has 24 heavy (non-hydrogen) atoms. The van der Waals surface area contributed by atoms with Crippen LogP contribution in [-0.2, 0) is 0 Å². The molecule has 0 N–H and O–H groups in total. The Kier molecular flexibility index (Phi) is 3.93. The molecule has 0 aliphatic heterocycles. The molecule has 1 unspecified atom stereocenters. The van der Waals surface area contributed by atoms with Crippen molar-refractivity contribution in [3.8, 4) is 11.3 Å². The van der Waals surface area contributed by atoms with Crippen LogP contribution in [0.1, 0.15) is 17.4 Å². The minimum atomic E-state index is -0.0813. The lowest BCUT2D eigenvalue weighted by molar-refractivity contribution is 0.470. The molecule has 0 aliphatic rings. The Labute approximate surface area is 145 Å². The van der Waals surface area contributed by atoms with Gasteiger partial charge in [0.15, 0.2) is 0 Å². The number of hydrogen-bond donors (Lipinski definition) is 0. The maximum absolute atomic E-state index is 6.16. The highest BCUT2D eigenvalue weighted by atomic mass is 35.5. The fourth-order valence-corrected chi connectivity index (χ4v) is 2.93. The van der Waals surface area contributed by atoms with Crippen LogP contribution in [0.2, 0.25) is 5.02 Å². The topological polar surface area (TPSA) is 31.0 Å². The van der Waals surface area contributed by atoms with Crippen molar-refractivity contribution < 1.29 is 4.42 Å². The van der Waals surface area contributed by atoms with Gasteiger partial charge in [-0.2, -0.15) is 0 Å². The van der Waals surface area contributed by atoms with E-state index in [-0.39, 0.29) is 6.04 Å². The average molecular weight is 335 g/mol. The second-order valence-corrected chi connectivity index (χ2v) is 5.97. The van der Waals surface area contributed by atoms with E-state index in [1.807, 2.05) is 77.5 Å². The van der Waals surface area contributed by atoms with Crippen LogP contribution >= 0.6 is 11.6 Å². The first-order chi connectivity index (χ1) is 11.8. The zero-order valence-corrected chi connectivity index (χ0v) is 13.6. The predicted molar refractivity (Wildman–Crippen MR) is 95.1 cm³/mol. The van der Waals surface area contributed by atoms with Crippen LogP contribution in [0, 0.1) is 0 Å². The van der Waals surface area contributed by atoms with Gasteiger partial charge >= 0.3 is 0 Å². The third-order valence-electron chi connectivity index (χ3n) is 3.96. The Balaban J connectivity index is 1.77. The first kappa shape index (κ1) is 14.8. The number of furan rings is 1. The lowest BCUT2D eigenvalue weighted by atomic mass is 10.0. The molecule has 3 nitrogen and oxygen atoms in total. The molecule has 0 radical (unpaired) electrons. The van der Waals surface area contributed by atoms with Gasteiger partial charge in [0.25, 0.3) is 0 Å².